The lowest BCUT2D eigenvalue weighted by Gasteiger charge is -2.28. The SMILES string of the molecule is OC1(C2CCCCCCC2)C2CCCC21. The van der Waals surface area contributed by atoms with E-state index in [1.165, 1.54) is 64.2 Å². The molecule has 3 rings (SSSR count). The predicted octanol–water partition coefficient (Wildman–Crippen LogP) is 3.51. The lowest BCUT2D eigenvalue weighted by molar-refractivity contribution is 0.0306. The van der Waals surface area contributed by atoms with Gasteiger partial charge in [0.1, 0.15) is 0 Å². The van der Waals surface area contributed by atoms with Crippen LogP contribution in [0.3, 0.4) is 0 Å². The van der Waals surface area contributed by atoms with Crippen molar-refractivity contribution in [3.05, 3.63) is 0 Å². The third-order valence-corrected chi connectivity index (χ3v) is 5.35. The van der Waals surface area contributed by atoms with E-state index < -0.39 is 0 Å². The van der Waals surface area contributed by atoms with Crippen LogP contribution in [-0.2, 0) is 0 Å². The fourth-order valence-electron chi connectivity index (χ4n) is 4.49. The normalized spacial score (nSPS) is 47.0. The average Bonchev–Trinajstić information content (AvgIpc) is 2.62. The molecule has 2 atom stereocenters. The largest absolute Gasteiger partial charge is 0.389 e. The molecule has 15 heavy (non-hydrogen) atoms. The van der Waals surface area contributed by atoms with Crippen molar-refractivity contribution in [3.8, 4) is 0 Å². The Labute approximate surface area is 93.3 Å². The van der Waals surface area contributed by atoms with Crippen LogP contribution in [-0.4, -0.2) is 10.7 Å². The fraction of sp³-hybridized carbons (Fsp3) is 1.00. The Morgan fingerprint density at radius 3 is 1.80 bits per heavy atom. The number of hydrogen-bond donors (Lipinski definition) is 1. The second-order valence-electron chi connectivity index (χ2n) is 6.07. The molecule has 0 bridgehead atoms. The minimum absolute atomic E-state index is 0.185. The zero-order chi connectivity index (χ0) is 10.3. The van der Waals surface area contributed by atoms with Gasteiger partial charge in [-0.15, -0.1) is 0 Å². The maximum Gasteiger partial charge on any atom is 0.0739 e. The van der Waals surface area contributed by atoms with Gasteiger partial charge in [-0.25, -0.2) is 0 Å². The van der Waals surface area contributed by atoms with E-state index in [9.17, 15) is 5.11 Å². The molecule has 0 amide bonds. The molecule has 86 valence electrons. The van der Waals surface area contributed by atoms with Gasteiger partial charge in [0.05, 0.1) is 5.60 Å². The Bertz CT molecular complexity index is 217. The molecule has 3 aliphatic rings. The van der Waals surface area contributed by atoms with Gasteiger partial charge in [0.25, 0.3) is 0 Å². The molecule has 0 saturated heterocycles. The third-order valence-electron chi connectivity index (χ3n) is 5.35. The summed E-state index contributed by atoms with van der Waals surface area (Å²) in [6, 6.07) is 0. The van der Waals surface area contributed by atoms with Crippen molar-refractivity contribution in [2.75, 3.05) is 0 Å². The van der Waals surface area contributed by atoms with Gasteiger partial charge in [-0.3, -0.25) is 0 Å². The lowest BCUT2D eigenvalue weighted by Crippen LogP contribution is -2.28. The molecule has 3 fully saturated rings. The molecule has 0 aromatic carbocycles. The Balaban J connectivity index is 1.65. The Morgan fingerprint density at radius 2 is 1.20 bits per heavy atom. The maximum atomic E-state index is 10.7. The highest BCUT2D eigenvalue weighted by molar-refractivity contribution is 5.17. The standard InChI is InChI=1S/C14H24O/c15-14(12-9-6-10-13(12)14)11-7-4-2-1-3-5-8-11/h11-13,15H,1-10H2. The molecule has 1 N–H and O–H groups in total. The Kier molecular flexibility index (Phi) is 2.54. The quantitative estimate of drug-likeness (QED) is 0.699. The van der Waals surface area contributed by atoms with E-state index in [1.807, 2.05) is 0 Å². The smallest absolute Gasteiger partial charge is 0.0739 e. The van der Waals surface area contributed by atoms with Gasteiger partial charge in [0.2, 0.25) is 0 Å². The molecule has 1 nitrogen and oxygen atoms in total. The van der Waals surface area contributed by atoms with Crippen LogP contribution in [0.25, 0.3) is 0 Å². The highest BCUT2D eigenvalue weighted by atomic mass is 16.3. The number of fused-ring (bicyclic) bond motifs is 1. The third kappa shape index (κ3) is 1.54. The van der Waals surface area contributed by atoms with Crippen molar-refractivity contribution in [1.29, 1.82) is 0 Å². The molecule has 0 aliphatic heterocycles. The summed E-state index contributed by atoms with van der Waals surface area (Å²) in [6.07, 6.45) is 13.6. The zero-order valence-electron chi connectivity index (χ0n) is 9.75. The van der Waals surface area contributed by atoms with Gasteiger partial charge >= 0.3 is 0 Å². The Hall–Kier alpha value is -0.0400. The van der Waals surface area contributed by atoms with Gasteiger partial charge < -0.3 is 5.11 Å². The summed E-state index contributed by atoms with van der Waals surface area (Å²) >= 11 is 0. The predicted molar refractivity (Wildman–Crippen MR) is 61.6 cm³/mol. The van der Waals surface area contributed by atoms with Crippen LogP contribution in [0.1, 0.15) is 64.2 Å². The van der Waals surface area contributed by atoms with E-state index in [0.29, 0.717) is 17.8 Å². The summed E-state index contributed by atoms with van der Waals surface area (Å²) in [5.74, 6) is 2.08. The highest BCUT2D eigenvalue weighted by Crippen LogP contribution is 2.65. The summed E-state index contributed by atoms with van der Waals surface area (Å²) in [4.78, 5) is 0. The number of rotatable bonds is 1. The second-order valence-corrected chi connectivity index (χ2v) is 6.07. The molecular weight excluding hydrogens is 184 g/mol. The average molecular weight is 208 g/mol. The molecule has 0 spiro atoms. The first-order chi connectivity index (χ1) is 7.33. The summed E-state index contributed by atoms with van der Waals surface area (Å²) in [5, 5.41) is 10.7. The first kappa shape index (κ1) is 10.1. The molecule has 1 heteroatoms. The minimum atomic E-state index is -0.185. The van der Waals surface area contributed by atoms with Crippen LogP contribution >= 0.6 is 0 Å². The van der Waals surface area contributed by atoms with Crippen molar-refractivity contribution < 1.29 is 5.11 Å². The molecular formula is C14H24O. The lowest BCUT2D eigenvalue weighted by atomic mass is 9.82. The zero-order valence-corrected chi connectivity index (χ0v) is 9.75. The van der Waals surface area contributed by atoms with E-state index in [4.69, 9.17) is 0 Å². The van der Waals surface area contributed by atoms with E-state index in [1.54, 1.807) is 0 Å². The second kappa shape index (κ2) is 3.76. The first-order valence-corrected chi connectivity index (χ1v) is 7.06. The number of aliphatic hydroxyl groups is 1. The van der Waals surface area contributed by atoms with E-state index in [0.717, 1.165) is 0 Å². The summed E-state index contributed by atoms with van der Waals surface area (Å²) in [6.45, 7) is 0. The van der Waals surface area contributed by atoms with Crippen molar-refractivity contribution in [2.24, 2.45) is 17.8 Å². The minimum Gasteiger partial charge on any atom is -0.389 e. The number of hydrogen-bond acceptors (Lipinski definition) is 1. The van der Waals surface area contributed by atoms with Crippen LogP contribution in [0, 0.1) is 17.8 Å². The van der Waals surface area contributed by atoms with Gasteiger partial charge in [-0.05, 0) is 43.4 Å². The monoisotopic (exact) mass is 208 g/mol. The van der Waals surface area contributed by atoms with Crippen LogP contribution in [0.15, 0.2) is 0 Å². The van der Waals surface area contributed by atoms with Gasteiger partial charge in [-0.1, -0.05) is 38.5 Å². The van der Waals surface area contributed by atoms with Crippen LogP contribution in [0.2, 0.25) is 0 Å². The first-order valence-electron chi connectivity index (χ1n) is 7.06. The summed E-state index contributed by atoms with van der Waals surface area (Å²) in [5.41, 5.74) is -0.185. The van der Waals surface area contributed by atoms with Crippen molar-refractivity contribution in [1.82, 2.24) is 0 Å². The van der Waals surface area contributed by atoms with Crippen molar-refractivity contribution in [2.45, 2.75) is 69.8 Å². The maximum absolute atomic E-state index is 10.7. The van der Waals surface area contributed by atoms with Gasteiger partial charge in [-0.2, -0.15) is 0 Å². The van der Waals surface area contributed by atoms with Crippen molar-refractivity contribution >= 4 is 0 Å². The van der Waals surface area contributed by atoms with E-state index >= 15 is 0 Å². The topological polar surface area (TPSA) is 20.2 Å². The molecule has 0 radical (unpaired) electrons. The molecule has 0 aromatic rings. The van der Waals surface area contributed by atoms with E-state index in [-0.39, 0.29) is 5.60 Å². The van der Waals surface area contributed by atoms with Crippen LogP contribution in [0.4, 0.5) is 0 Å². The Morgan fingerprint density at radius 1 is 0.667 bits per heavy atom. The van der Waals surface area contributed by atoms with Gasteiger partial charge in [0, 0.05) is 0 Å². The molecule has 0 aromatic heterocycles. The van der Waals surface area contributed by atoms with Crippen LogP contribution < -0.4 is 0 Å². The van der Waals surface area contributed by atoms with Crippen molar-refractivity contribution in [3.63, 3.8) is 0 Å². The molecule has 2 unspecified atom stereocenters. The molecule has 0 heterocycles. The van der Waals surface area contributed by atoms with Gasteiger partial charge in [0.15, 0.2) is 0 Å². The highest BCUT2D eigenvalue weighted by Gasteiger charge is 2.67. The fourth-order valence-corrected chi connectivity index (χ4v) is 4.49. The molecule has 3 saturated carbocycles. The summed E-state index contributed by atoms with van der Waals surface area (Å²) < 4.78 is 0. The summed E-state index contributed by atoms with van der Waals surface area (Å²) in [7, 11) is 0. The van der Waals surface area contributed by atoms with Crippen LogP contribution in [0.5, 0.6) is 0 Å². The molecule has 3 aliphatic carbocycles. The van der Waals surface area contributed by atoms with E-state index in [2.05, 4.69) is 0 Å².